The molecule has 0 radical (unpaired) electrons. The van der Waals surface area contributed by atoms with Crippen LogP contribution in [0.3, 0.4) is 0 Å². The zero-order valence-electron chi connectivity index (χ0n) is 7.75. The fourth-order valence-corrected chi connectivity index (χ4v) is 0.720. The van der Waals surface area contributed by atoms with Crippen molar-refractivity contribution in [1.29, 1.82) is 0 Å². The van der Waals surface area contributed by atoms with Gasteiger partial charge in [0.15, 0.2) is 0 Å². The van der Waals surface area contributed by atoms with Gasteiger partial charge in [-0.05, 0) is 19.4 Å². The summed E-state index contributed by atoms with van der Waals surface area (Å²) in [6, 6.07) is 0. The average Bonchev–Trinajstić information content (AvgIpc) is 2.04. The summed E-state index contributed by atoms with van der Waals surface area (Å²) in [6.07, 6.45) is 9.43. The predicted molar refractivity (Wildman–Crippen MR) is 53.9 cm³/mol. The van der Waals surface area contributed by atoms with Gasteiger partial charge in [-0.25, -0.2) is 0 Å². The molecule has 0 fully saturated rings. The first-order chi connectivity index (χ1) is 5.72. The minimum atomic E-state index is 0.0699. The molecule has 0 amide bonds. The van der Waals surface area contributed by atoms with E-state index in [1.165, 1.54) is 0 Å². The lowest BCUT2D eigenvalue weighted by atomic mass is 10.1. The molecule has 0 rings (SSSR count). The molecule has 1 heteroatoms. The van der Waals surface area contributed by atoms with Crippen LogP contribution in [0.25, 0.3) is 0 Å². The third-order valence-electron chi connectivity index (χ3n) is 1.36. The van der Waals surface area contributed by atoms with Crippen LogP contribution in [0.5, 0.6) is 0 Å². The van der Waals surface area contributed by atoms with Crippen molar-refractivity contribution < 1.29 is 5.11 Å². The molecule has 0 spiro atoms. The largest absolute Gasteiger partial charge is 0.392 e. The van der Waals surface area contributed by atoms with Crippen LogP contribution in [-0.4, -0.2) is 11.7 Å². The summed E-state index contributed by atoms with van der Waals surface area (Å²) in [5, 5.41) is 8.56. The van der Waals surface area contributed by atoms with Gasteiger partial charge in [-0.15, -0.1) is 0 Å². The van der Waals surface area contributed by atoms with E-state index in [9.17, 15) is 0 Å². The van der Waals surface area contributed by atoms with E-state index in [4.69, 9.17) is 5.11 Å². The molecular weight excluding hydrogens is 148 g/mol. The standard InChI is InChI=1S/C11H16O/c1-4-5-7-11(10(2)3)8-6-9-12/h4-8,12H,2,9H2,1,3H3/b5-4-,8-6+,11-7-. The van der Waals surface area contributed by atoms with Crippen LogP contribution >= 0.6 is 0 Å². The quantitative estimate of drug-likeness (QED) is 0.633. The molecule has 0 aromatic rings. The van der Waals surface area contributed by atoms with Gasteiger partial charge in [-0.3, -0.25) is 0 Å². The van der Waals surface area contributed by atoms with Crippen LogP contribution in [0, 0.1) is 0 Å². The zero-order valence-corrected chi connectivity index (χ0v) is 7.75. The zero-order chi connectivity index (χ0) is 9.40. The maximum Gasteiger partial charge on any atom is 0.0615 e. The number of aliphatic hydroxyl groups is 1. The van der Waals surface area contributed by atoms with Gasteiger partial charge in [0.25, 0.3) is 0 Å². The topological polar surface area (TPSA) is 20.2 Å². The molecular formula is C11H16O. The Balaban J connectivity index is 4.43. The molecule has 0 aliphatic heterocycles. The van der Waals surface area contributed by atoms with Gasteiger partial charge in [0.05, 0.1) is 6.61 Å². The highest BCUT2D eigenvalue weighted by atomic mass is 16.2. The van der Waals surface area contributed by atoms with E-state index in [0.29, 0.717) is 0 Å². The molecule has 0 aliphatic rings. The molecule has 0 unspecified atom stereocenters. The highest BCUT2D eigenvalue weighted by Crippen LogP contribution is 2.08. The van der Waals surface area contributed by atoms with Crippen LogP contribution < -0.4 is 0 Å². The lowest BCUT2D eigenvalue weighted by Crippen LogP contribution is -1.79. The number of hydrogen-bond acceptors (Lipinski definition) is 1. The minimum absolute atomic E-state index is 0.0699. The van der Waals surface area contributed by atoms with Gasteiger partial charge < -0.3 is 5.11 Å². The smallest absolute Gasteiger partial charge is 0.0615 e. The van der Waals surface area contributed by atoms with Crippen LogP contribution in [0.2, 0.25) is 0 Å². The molecule has 0 atom stereocenters. The second-order valence-electron chi connectivity index (χ2n) is 2.51. The molecule has 1 N–H and O–H groups in total. The average molecular weight is 164 g/mol. The van der Waals surface area contributed by atoms with Crippen LogP contribution in [-0.2, 0) is 0 Å². The Bertz CT molecular complexity index is 219. The fourth-order valence-electron chi connectivity index (χ4n) is 0.720. The van der Waals surface area contributed by atoms with Crippen molar-refractivity contribution in [3.63, 3.8) is 0 Å². The first kappa shape index (κ1) is 10.9. The molecule has 0 heterocycles. The highest BCUT2D eigenvalue weighted by Gasteiger charge is 1.88. The van der Waals surface area contributed by atoms with Crippen molar-refractivity contribution in [2.24, 2.45) is 0 Å². The first-order valence-electron chi connectivity index (χ1n) is 3.98. The Morgan fingerprint density at radius 3 is 2.58 bits per heavy atom. The molecule has 0 saturated heterocycles. The SMILES string of the molecule is C=C(C)C(=C\C=C/C)/C=C/CO. The summed E-state index contributed by atoms with van der Waals surface area (Å²) in [5.74, 6) is 0. The summed E-state index contributed by atoms with van der Waals surface area (Å²) in [6.45, 7) is 7.80. The van der Waals surface area contributed by atoms with Crippen molar-refractivity contribution >= 4 is 0 Å². The third kappa shape index (κ3) is 4.69. The Kier molecular flexibility index (Phi) is 6.02. The number of aliphatic hydroxyl groups excluding tert-OH is 1. The fraction of sp³-hybridized carbons (Fsp3) is 0.273. The Morgan fingerprint density at radius 2 is 2.17 bits per heavy atom. The Hall–Kier alpha value is -1.08. The number of rotatable bonds is 4. The van der Waals surface area contributed by atoms with Crippen LogP contribution in [0.1, 0.15) is 13.8 Å². The molecule has 66 valence electrons. The lowest BCUT2D eigenvalue weighted by Gasteiger charge is -1.97. The van der Waals surface area contributed by atoms with E-state index in [1.54, 1.807) is 6.08 Å². The summed E-state index contributed by atoms with van der Waals surface area (Å²) in [5.41, 5.74) is 2.04. The number of hydrogen-bond donors (Lipinski definition) is 1. The van der Waals surface area contributed by atoms with Gasteiger partial charge in [-0.2, -0.15) is 0 Å². The van der Waals surface area contributed by atoms with Crippen molar-refractivity contribution in [2.45, 2.75) is 13.8 Å². The van der Waals surface area contributed by atoms with Crippen molar-refractivity contribution in [3.05, 3.63) is 48.1 Å². The maximum atomic E-state index is 8.56. The summed E-state index contributed by atoms with van der Waals surface area (Å²) >= 11 is 0. The van der Waals surface area contributed by atoms with E-state index >= 15 is 0 Å². The normalized spacial score (nSPS) is 13.1. The minimum Gasteiger partial charge on any atom is -0.392 e. The lowest BCUT2D eigenvalue weighted by molar-refractivity contribution is 0.342. The molecule has 0 bridgehead atoms. The first-order valence-corrected chi connectivity index (χ1v) is 3.98. The summed E-state index contributed by atoms with van der Waals surface area (Å²) in [7, 11) is 0. The van der Waals surface area contributed by atoms with Crippen molar-refractivity contribution in [2.75, 3.05) is 6.61 Å². The highest BCUT2D eigenvalue weighted by molar-refractivity contribution is 5.38. The van der Waals surface area contributed by atoms with E-state index < -0.39 is 0 Å². The molecule has 0 aromatic heterocycles. The van der Waals surface area contributed by atoms with Crippen LogP contribution in [0.4, 0.5) is 0 Å². The third-order valence-corrected chi connectivity index (χ3v) is 1.36. The molecule has 12 heavy (non-hydrogen) atoms. The van der Waals surface area contributed by atoms with E-state index in [2.05, 4.69) is 6.58 Å². The molecule has 1 nitrogen and oxygen atoms in total. The Morgan fingerprint density at radius 1 is 1.50 bits per heavy atom. The molecule has 0 aromatic carbocycles. The Labute approximate surface area is 74.4 Å². The van der Waals surface area contributed by atoms with E-state index in [-0.39, 0.29) is 6.61 Å². The van der Waals surface area contributed by atoms with Gasteiger partial charge >= 0.3 is 0 Å². The monoisotopic (exact) mass is 164 g/mol. The molecule has 0 saturated carbocycles. The van der Waals surface area contributed by atoms with Gasteiger partial charge in [0, 0.05) is 0 Å². The van der Waals surface area contributed by atoms with Gasteiger partial charge in [0.2, 0.25) is 0 Å². The summed E-state index contributed by atoms with van der Waals surface area (Å²) < 4.78 is 0. The van der Waals surface area contributed by atoms with Crippen molar-refractivity contribution in [3.8, 4) is 0 Å². The summed E-state index contributed by atoms with van der Waals surface area (Å²) in [4.78, 5) is 0. The van der Waals surface area contributed by atoms with Crippen molar-refractivity contribution in [1.82, 2.24) is 0 Å². The molecule has 0 aliphatic carbocycles. The maximum absolute atomic E-state index is 8.56. The van der Waals surface area contributed by atoms with E-state index in [1.807, 2.05) is 38.2 Å². The van der Waals surface area contributed by atoms with Gasteiger partial charge in [-0.1, -0.05) is 42.5 Å². The van der Waals surface area contributed by atoms with Gasteiger partial charge in [0.1, 0.15) is 0 Å². The van der Waals surface area contributed by atoms with E-state index in [0.717, 1.165) is 11.1 Å². The number of allylic oxidation sites excluding steroid dienone is 6. The van der Waals surface area contributed by atoms with Crippen LogP contribution in [0.15, 0.2) is 48.1 Å². The second-order valence-corrected chi connectivity index (χ2v) is 2.51. The second kappa shape index (κ2) is 6.62. The predicted octanol–water partition coefficient (Wildman–Crippen LogP) is 2.61.